The Labute approximate surface area is 234 Å². The standard InChI is InChI=1S/C33H36N4O3/c1-20-26-16-22(11-13-30(26)40-36-20)24-12-10-23(18-34-31(38)28-17-27(28)21-8-6-5-7-9-21)29-19-37(15-14-25(24)29)32(39)35-33(2,3)4/h5-13,16,27-28H,14-15,17-19H2,1-4H3,(H,34,38)(H,35,39)/t27-,28?/m0/s1. The van der Waals surface area contributed by atoms with E-state index in [1.807, 2.05) is 56.9 Å². The van der Waals surface area contributed by atoms with Gasteiger partial charge in [-0.05, 0) is 92.0 Å². The second-order valence-electron chi connectivity index (χ2n) is 12.1. The van der Waals surface area contributed by atoms with Crippen LogP contribution in [0.4, 0.5) is 4.79 Å². The molecule has 206 valence electrons. The van der Waals surface area contributed by atoms with Crippen LogP contribution in [0, 0.1) is 12.8 Å². The van der Waals surface area contributed by atoms with E-state index in [-0.39, 0.29) is 23.4 Å². The first kappa shape index (κ1) is 26.1. The lowest BCUT2D eigenvalue weighted by atomic mass is 9.87. The van der Waals surface area contributed by atoms with Crippen molar-refractivity contribution in [1.82, 2.24) is 20.7 Å². The van der Waals surface area contributed by atoms with E-state index in [1.54, 1.807) is 0 Å². The SMILES string of the molecule is Cc1noc2ccc(-c3ccc(CNC(=O)C4C[C@H]4c4ccccc4)c4c3CCN(C(=O)NC(C)(C)C)C4)cc12. The van der Waals surface area contributed by atoms with Crippen LogP contribution in [-0.2, 0) is 24.3 Å². The van der Waals surface area contributed by atoms with Crippen LogP contribution in [-0.4, -0.2) is 34.1 Å². The molecule has 2 aliphatic rings. The average Bonchev–Trinajstić information content (AvgIpc) is 3.67. The minimum absolute atomic E-state index is 0.0186. The Bertz CT molecular complexity index is 1580. The Kier molecular flexibility index (Phi) is 6.61. The van der Waals surface area contributed by atoms with Crippen molar-refractivity contribution in [2.45, 2.75) is 65.1 Å². The van der Waals surface area contributed by atoms with Crippen LogP contribution in [0.1, 0.15) is 61.1 Å². The van der Waals surface area contributed by atoms with E-state index in [2.05, 4.69) is 52.2 Å². The zero-order valence-corrected chi connectivity index (χ0v) is 23.6. The maximum Gasteiger partial charge on any atom is 0.318 e. The maximum atomic E-state index is 13.1. The van der Waals surface area contributed by atoms with Gasteiger partial charge in [0.15, 0.2) is 5.58 Å². The summed E-state index contributed by atoms with van der Waals surface area (Å²) in [6.07, 6.45) is 1.63. The van der Waals surface area contributed by atoms with E-state index >= 15 is 0 Å². The topological polar surface area (TPSA) is 87.5 Å². The summed E-state index contributed by atoms with van der Waals surface area (Å²) in [5.74, 6) is 0.410. The first-order valence-electron chi connectivity index (χ1n) is 14.1. The molecule has 3 aromatic carbocycles. The molecule has 2 heterocycles. The third-order valence-electron chi connectivity index (χ3n) is 8.05. The van der Waals surface area contributed by atoms with E-state index in [4.69, 9.17) is 4.52 Å². The number of hydrogen-bond acceptors (Lipinski definition) is 4. The van der Waals surface area contributed by atoms with Gasteiger partial charge in [-0.25, -0.2) is 4.79 Å². The van der Waals surface area contributed by atoms with Crippen molar-refractivity contribution in [3.05, 3.63) is 88.6 Å². The number of hydrogen-bond donors (Lipinski definition) is 2. The number of fused-ring (bicyclic) bond motifs is 2. The van der Waals surface area contributed by atoms with Crippen LogP contribution < -0.4 is 10.6 Å². The van der Waals surface area contributed by atoms with E-state index in [9.17, 15) is 9.59 Å². The van der Waals surface area contributed by atoms with Gasteiger partial charge in [0, 0.05) is 36.5 Å². The summed E-state index contributed by atoms with van der Waals surface area (Å²) < 4.78 is 5.42. The lowest BCUT2D eigenvalue weighted by Crippen LogP contribution is -2.50. The van der Waals surface area contributed by atoms with Crippen molar-refractivity contribution in [2.24, 2.45) is 5.92 Å². The molecule has 7 heteroatoms. The van der Waals surface area contributed by atoms with E-state index in [0.717, 1.165) is 51.8 Å². The van der Waals surface area contributed by atoms with Gasteiger partial charge in [-0.15, -0.1) is 0 Å². The maximum absolute atomic E-state index is 13.1. The molecular weight excluding hydrogens is 500 g/mol. The second kappa shape index (κ2) is 10.1. The van der Waals surface area contributed by atoms with Gasteiger partial charge >= 0.3 is 6.03 Å². The average molecular weight is 537 g/mol. The number of aromatic nitrogens is 1. The zero-order valence-electron chi connectivity index (χ0n) is 23.6. The van der Waals surface area contributed by atoms with Crippen molar-refractivity contribution in [3.63, 3.8) is 0 Å². The van der Waals surface area contributed by atoms with Gasteiger partial charge in [-0.1, -0.05) is 53.7 Å². The zero-order chi connectivity index (χ0) is 28.0. The molecule has 1 aromatic heterocycles. The Morgan fingerprint density at radius 1 is 1.05 bits per heavy atom. The van der Waals surface area contributed by atoms with Gasteiger partial charge in [0.25, 0.3) is 0 Å². The summed E-state index contributed by atoms with van der Waals surface area (Å²) in [5.41, 5.74) is 8.19. The molecule has 2 atom stereocenters. The normalized spacial score (nSPS) is 18.4. The first-order valence-corrected chi connectivity index (χ1v) is 14.1. The molecule has 0 saturated heterocycles. The lowest BCUT2D eigenvalue weighted by molar-refractivity contribution is -0.122. The highest BCUT2D eigenvalue weighted by Gasteiger charge is 2.43. The van der Waals surface area contributed by atoms with Crippen molar-refractivity contribution >= 4 is 22.9 Å². The summed E-state index contributed by atoms with van der Waals surface area (Å²) in [6, 6.07) is 20.6. The number of benzene rings is 3. The van der Waals surface area contributed by atoms with E-state index in [0.29, 0.717) is 25.6 Å². The molecule has 0 spiro atoms. The third-order valence-corrected chi connectivity index (χ3v) is 8.05. The van der Waals surface area contributed by atoms with Gasteiger partial charge in [0.2, 0.25) is 5.91 Å². The quantitative estimate of drug-likeness (QED) is 0.323. The van der Waals surface area contributed by atoms with Gasteiger partial charge in [-0.3, -0.25) is 4.79 Å². The molecule has 40 heavy (non-hydrogen) atoms. The Morgan fingerprint density at radius 2 is 1.85 bits per heavy atom. The first-order chi connectivity index (χ1) is 19.2. The number of nitrogens with zero attached hydrogens (tertiary/aromatic N) is 2. The predicted molar refractivity (Wildman–Crippen MR) is 156 cm³/mol. The minimum Gasteiger partial charge on any atom is -0.356 e. The molecule has 1 unspecified atom stereocenters. The molecule has 1 fully saturated rings. The number of urea groups is 1. The van der Waals surface area contributed by atoms with Gasteiger partial charge in [0.05, 0.1) is 5.69 Å². The highest BCUT2D eigenvalue weighted by Crippen LogP contribution is 2.47. The van der Waals surface area contributed by atoms with Crippen LogP contribution in [0.3, 0.4) is 0 Å². The van der Waals surface area contributed by atoms with Crippen molar-refractivity contribution < 1.29 is 14.1 Å². The monoisotopic (exact) mass is 536 g/mol. The molecule has 4 aromatic rings. The molecule has 0 radical (unpaired) electrons. The Hall–Kier alpha value is -4.13. The van der Waals surface area contributed by atoms with Gasteiger partial charge in [-0.2, -0.15) is 0 Å². The summed E-state index contributed by atoms with van der Waals surface area (Å²) in [6.45, 7) is 9.50. The fourth-order valence-electron chi connectivity index (χ4n) is 5.84. The summed E-state index contributed by atoms with van der Waals surface area (Å²) in [7, 11) is 0. The number of rotatable bonds is 5. The molecule has 1 saturated carbocycles. The molecular formula is C33H36N4O3. The smallest absolute Gasteiger partial charge is 0.318 e. The number of nitrogens with one attached hydrogen (secondary N) is 2. The van der Waals surface area contributed by atoms with E-state index < -0.39 is 0 Å². The fourth-order valence-corrected chi connectivity index (χ4v) is 5.84. The molecule has 6 rings (SSSR count). The largest absolute Gasteiger partial charge is 0.356 e. The Morgan fingerprint density at radius 3 is 2.62 bits per heavy atom. The summed E-state index contributed by atoms with van der Waals surface area (Å²) >= 11 is 0. The minimum atomic E-state index is -0.318. The van der Waals surface area contributed by atoms with Crippen LogP contribution >= 0.6 is 0 Å². The predicted octanol–water partition coefficient (Wildman–Crippen LogP) is 6.09. The van der Waals surface area contributed by atoms with Gasteiger partial charge < -0.3 is 20.1 Å². The van der Waals surface area contributed by atoms with Crippen molar-refractivity contribution in [1.29, 1.82) is 0 Å². The molecule has 1 aliphatic heterocycles. The molecule has 0 bridgehead atoms. The number of carbonyl (C=O) groups excluding carboxylic acids is 2. The van der Waals surface area contributed by atoms with Crippen LogP contribution in [0.5, 0.6) is 0 Å². The van der Waals surface area contributed by atoms with Crippen LogP contribution in [0.25, 0.3) is 22.1 Å². The Balaban J connectivity index is 1.28. The molecule has 7 nitrogen and oxygen atoms in total. The summed E-state index contributed by atoms with van der Waals surface area (Å²) in [4.78, 5) is 28.1. The van der Waals surface area contributed by atoms with Gasteiger partial charge in [0.1, 0.15) is 0 Å². The summed E-state index contributed by atoms with van der Waals surface area (Å²) in [5, 5.41) is 11.4. The fraction of sp³-hybridized carbons (Fsp3) is 0.364. The molecule has 1 aliphatic carbocycles. The second-order valence-corrected chi connectivity index (χ2v) is 12.1. The number of amides is 3. The van der Waals surface area contributed by atoms with Crippen molar-refractivity contribution in [3.8, 4) is 11.1 Å². The van der Waals surface area contributed by atoms with Crippen LogP contribution in [0.2, 0.25) is 0 Å². The van der Waals surface area contributed by atoms with E-state index in [1.165, 1.54) is 11.1 Å². The van der Waals surface area contributed by atoms with Crippen molar-refractivity contribution in [2.75, 3.05) is 6.54 Å². The highest BCUT2D eigenvalue weighted by atomic mass is 16.5. The third kappa shape index (κ3) is 5.20. The highest BCUT2D eigenvalue weighted by molar-refractivity contribution is 5.86. The molecule has 3 amide bonds. The molecule has 2 N–H and O–H groups in total. The lowest BCUT2D eigenvalue weighted by Gasteiger charge is -2.34. The number of carbonyl (C=O) groups is 2. The van der Waals surface area contributed by atoms with Crippen LogP contribution in [0.15, 0.2) is 65.2 Å². The number of aryl methyl sites for hydroxylation is 1.